The Morgan fingerprint density at radius 3 is 2.09 bits per heavy atom. The number of hydrogen-bond acceptors (Lipinski definition) is 7. The molecule has 3 aromatic rings. The molecule has 1 aliphatic rings. The van der Waals surface area contributed by atoms with E-state index in [1.807, 2.05) is 0 Å². The summed E-state index contributed by atoms with van der Waals surface area (Å²) in [6.07, 6.45) is -11.8. The fourth-order valence-corrected chi connectivity index (χ4v) is 3.99. The maximum absolute atomic E-state index is 14.6. The van der Waals surface area contributed by atoms with E-state index in [-0.39, 0.29) is 42.4 Å². The molecule has 7 nitrogen and oxygen atoms in total. The molecule has 0 radical (unpaired) electrons. The third-order valence-electron chi connectivity index (χ3n) is 5.86. The fourth-order valence-electron chi connectivity index (χ4n) is 3.99. The summed E-state index contributed by atoms with van der Waals surface area (Å²) < 4.78 is 115. The van der Waals surface area contributed by atoms with Crippen molar-refractivity contribution in [2.75, 3.05) is 18.0 Å². The van der Waals surface area contributed by atoms with Crippen molar-refractivity contribution in [2.45, 2.75) is 37.2 Å². The van der Waals surface area contributed by atoms with Gasteiger partial charge in [0.1, 0.15) is 12.3 Å². The summed E-state index contributed by atoms with van der Waals surface area (Å²) in [6.45, 7) is -1.12. The van der Waals surface area contributed by atoms with E-state index in [0.29, 0.717) is 6.07 Å². The molecule has 1 saturated heterocycles. The number of piperidine rings is 1. The highest BCUT2D eigenvalue weighted by atomic mass is 19.4. The molecule has 0 unspecified atom stereocenters. The van der Waals surface area contributed by atoms with Crippen LogP contribution in [0.15, 0.2) is 28.7 Å². The van der Waals surface area contributed by atoms with Gasteiger partial charge in [0, 0.05) is 18.7 Å². The van der Waals surface area contributed by atoms with Crippen molar-refractivity contribution in [3.63, 3.8) is 0 Å². The lowest BCUT2D eigenvalue weighted by Crippen LogP contribution is -2.52. The molecule has 3 heterocycles. The molecule has 0 spiro atoms. The van der Waals surface area contributed by atoms with Gasteiger partial charge in [0.15, 0.2) is 17.5 Å². The lowest BCUT2D eigenvalue weighted by Gasteiger charge is -2.43. The zero-order valence-electron chi connectivity index (χ0n) is 17.5. The van der Waals surface area contributed by atoms with Crippen LogP contribution in [-0.4, -0.2) is 44.8 Å². The largest absolute Gasteiger partial charge is 0.419 e. The van der Waals surface area contributed by atoms with E-state index in [1.165, 1.54) is 17.0 Å². The van der Waals surface area contributed by atoms with Gasteiger partial charge in [0.05, 0.1) is 11.0 Å². The van der Waals surface area contributed by atoms with Crippen molar-refractivity contribution in [2.24, 2.45) is 0 Å². The molecule has 35 heavy (non-hydrogen) atoms. The molecule has 1 fully saturated rings. The number of aromatic nitrogens is 4. The SMILES string of the molecule is OCc1nnc(-c2ccc(N3CCC(c4ccc(C(F)(F)F)c(F)c4F)(C(F)(F)F)CC3)nn2)o1. The predicted molar refractivity (Wildman–Crippen MR) is 102 cm³/mol. The molecule has 188 valence electrons. The first-order valence-electron chi connectivity index (χ1n) is 10.0. The average molecular weight is 509 g/mol. The van der Waals surface area contributed by atoms with Gasteiger partial charge in [0.2, 0.25) is 5.89 Å². The van der Waals surface area contributed by atoms with Crippen LogP contribution >= 0.6 is 0 Å². The van der Waals surface area contributed by atoms with Gasteiger partial charge < -0.3 is 14.4 Å². The van der Waals surface area contributed by atoms with E-state index in [4.69, 9.17) is 9.52 Å². The molecule has 1 aromatic carbocycles. The van der Waals surface area contributed by atoms with Gasteiger partial charge in [-0.05, 0) is 31.0 Å². The molecule has 1 aliphatic heterocycles. The van der Waals surface area contributed by atoms with Crippen LogP contribution in [0.2, 0.25) is 0 Å². The summed E-state index contributed by atoms with van der Waals surface area (Å²) in [5, 5.41) is 24.0. The Balaban J connectivity index is 1.59. The number of hydrogen-bond donors (Lipinski definition) is 1. The fraction of sp³-hybridized carbons (Fsp3) is 0.400. The first-order valence-corrected chi connectivity index (χ1v) is 10.0. The molecular weight excluding hydrogens is 494 g/mol. The molecule has 2 aromatic heterocycles. The average Bonchev–Trinajstić information content (AvgIpc) is 3.29. The number of benzene rings is 1. The van der Waals surface area contributed by atoms with Crippen molar-refractivity contribution in [1.29, 1.82) is 0 Å². The summed E-state index contributed by atoms with van der Waals surface area (Å²) in [4.78, 5) is 1.42. The number of halogens is 8. The molecule has 0 amide bonds. The van der Waals surface area contributed by atoms with Crippen LogP contribution in [0.25, 0.3) is 11.6 Å². The van der Waals surface area contributed by atoms with Crippen molar-refractivity contribution in [1.82, 2.24) is 20.4 Å². The molecule has 0 saturated carbocycles. The van der Waals surface area contributed by atoms with Gasteiger partial charge in [-0.15, -0.1) is 20.4 Å². The van der Waals surface area contributed by atoms with Crippen LogP contribution in [0.4, 0.5) is 40.9 Å². The topological polar surface area (TPSA) is 88.2 Å². The van der Waals surface area contributed by atoms with E-state index >= 15 is 0 Å². The highest BCUT2D eigenvalue weighted by Gasteiger charge is 2.58. The first-order chi connectivity index (χ1) is 16.4. The summed E-state index contributed by atoms with van der Waals surface area (Å²) in [5.41, 5.74) is -5.90. The molecule has 15 heteroatoms. The Labute approximate surface area is 191 Å². The lowest BCUT2D eigenvalue weighted by atomic mass is 9.71. The van der Waals surface area contributed by atoms with Gasteiger partial charge in [-0.25, -0.2) is 8.78 Å². The lowest BCUT2D eigenvalue weighted by molar-refractivity contribution is -0.197. The Morgan fingerprint density at radius 2 is 1.57 bits per heavy atom. The maximum Gasteiger partial charge on any atom is 0.419 e. The monoisotopic (exact) mass is 509 g/mol. The van der Waals surface area contributed by atoms with E-state index in [0.717, 1.165) is 0 Å². The number of aliphatic hydroxyl groups excluding tert-OH is 1. The summed E-state index contributed by atoms with van der Waals surface area (Å²) in [6, 6.07) is 3.30. The normalized spacial score (nSPS) is 16.5. The second-order valence-corrected chi connectivity index (χ2v) is 7.79. The molecule has 1 N–H and O–H groups in total. The van der Waals surface area contributed by atoms with Crippen LogP contribution in [0.3, 0.4) is 0 Å². The Morgan fingerprint density at radius 1 is 0.886 bits per heavy atom. The summed E-state index contributed by atoms with van der Waals surface area (Å²) >= 11 is 0. The molecule has 0 bridgehead atoms. The number of rotatable bonds is 4. The van der Waals surface area contributed by atoms with Crippen LogP contribution < -0.4 is 4.90 Å². The quantitative estimate of drug-likeness (QED) is 0.521. The molecule has 0 atom stereocenters. The van der Waals surface area contributed by atoms with Crippen LogP contribution in [0, 0.1) is 11.6 Å². The standard InChI is InChI=1S/C20H15F8N5O2/c21-15-10(1-2-11(16(15)22)19(23,24)25)18(20(26,27)28)5-7-33(8-6-18)13-4-3-12(29-30-13)17-32-31-14(9-34)35-17/h1-4,34H,5-9H2. The third kappa shape index (κ3) is 4.39. The van der Waals surface area contributed by atoms with Crippen molar-refractivity contribution >= 4 is 5.82 Å². The van der Waals surface area contributed by atoms with E-state index in [2.05, 4.69) is 20.4 Å². The van der Waals surface area contributed by atoms with E-state index in [1.54, 1.807) is 0 Å². The second kappa shape index (κ2) is 8.70. The van der Waals surface area contributed by atoms with Crippen molar-refractivity contribution < 1.29 is 44.6 Å². The maximum atomic E-state index is 14.6. The van der Waals surface area contributed by atoms with Crippen molar-refractivity contribution in [3.8, 4) is 11.6 Å². The minimum atomic E-state index is -5.26. The highest BCUT2D eigenvalue weighted by molar-refractivity contribution is 5.50. The minimum Gasteiger partial charge on any atom is -0.417 e. The molecule has 4 rings (SSSR count). The van der Waals surface area contributed by atoms with Gasteiger partial charge in [-0.1, -0.05) is 6.07 Å². The Bertz CT molecular complexity index is 1200. The zero-order chi connectivity index (χ0) is 25.6. The number of alkyl halides is 6. The van der Waals surface area contributed by atoms with E-state index in [9.17, 15) is 35.1 Å². The molecule has 0 aliphatic carbocycles. The van der Waals surface area contributed by atoms with Gasteiger partial charge in [-0.2, -0.15) is 26.3 Å². The summed E-state index contributed by atoms with van der Waals surface area (Å²) in [5.74, 6) is -4.46. The second-order valence-electron chi connectivity index (χ2n) is 7.79. The Kier molecular flexibility index (Phi) is 6.15. The van der Waals surface area contributed by atoms with Gasteiger partial charge >= 0.3 is 12.4 Å². The third-order valence-corrected chi connectivity index (χ3v) is 5.86. The molecular formula is C20H15F8N5O2. The van der Waals surface area contributed by atoms with Gasteiger partial charge in [-0.3, -0.25) is 0 Å². The zero-order valence-corrected chi connectivity index (χ0v) is 17.5. The van der Waals surface area contributed by atoms with Gasteiger partial charge in [0.25, 0.3) is 5.89 Å². The van der Waals surface area contributed by atoms with Crippen molar-refractivity contribution in [3.05, 3.63) is 52.9 Å². The van der Waals surface area contributed by atoms with E-state index < -0.39 is 60.0 Å². The smallest absolute Gasteiger partial charge is 0.417 e. The highest BCUT2D eigenvalue weighted by Crippen LogP contribution is 2.50. The summed E-state index contributed by atoms with van der Waals surface area (Å²) in [7, 11) is 0. The van der Waals surface area contributed by atoms with Crippen LogP contribution in [-0.2, 0) is 18.2 Å². The first kappa shape index (κ1) is 24.8. The predicted octanol–water partition coefficient (Wildman–Crippen LogP) is 4.42. The number of anilines is 1. The van der Waals surface area contributed by atoms with Crippen LogP contribution in [0.1, 0.15) is 29.9 Å². The Hall–Kier alpha value is -3.36. The van der Waals surface area contributed by atoms with Crippen LogP contribution in [0.5, 0.6) is 0 Å². The minimum absolute atomic E-state index is 0.0392. The number of aliphatic hydroxyl groups is 1. The number of nitrogens with zero attached hydrogens (tertiary/aromatic N) is 5.